The van der Waals surface area contributed by atoms with Crippen LogP contribution in [-0.2, 0) is 4.74 Å². The molecule has 1 rings (SSSR count). The second-order valence-electron chi connectivity index (χ2n) is 4.58. The molecule has 72 valence electrons. The van der Waals surface area contributed by atoms with E-state index in [-0.39, 0.29) is 0 Å². The Morgan fingerprint density at radius 1 is 1.42 bits per heavy atom. The van der Waals surface area contributed by atoms with Crippen LogP contribution in [0.1, 0.15) is 33.1 Å². The quantitative estimate of drug-likeness (QED) is 0.658. The van der Waals surface area contributed by atoms with Crippen molar-refractivity contribution in [3.05, 3.63) is 0 Å². The number of nitrogens with one attached hydrogen (secondary N) is 1. The summed E-state index contributed by atoms with van der Waals surface area (Å²) in [4.78, 5) is 0. The van der Waals surface area contributed by atoms with E-state index < -0.39 is 0 Å². The fourth-order valence-electron chi connectivity index (χ4n) is 1.37. The van der Waals surface area contributed by atoms with Gasteiger partial charge in [0.1, 0.15) is 0 Å². The van der Waals surface area contributed by atoms with E-state index >= 15 is 0 Å². The highest BCUT2D eigenvalue weighted by molar-refractivity contribution is 4.81. The summed E-state index contributed by atoms with van der Waals surface area (Å²) in [6.07, 6.45) is 3.97. The molecule has 0 spiro atoms. The van der Waals surface area contributed by atoms with E-state index in [0.717, 1.165) is 19.2 Å². The van der Waals surface area contributed by atoms with E-state index in [1.165, 1.54) is 19.3 Å². The van der Waals surface area contributed by atoms with Crippen molar-refractivity contribution < 1.29 is 4.74 Å². The van der Waals surface area contributed by atoms with Gasteiger partial charge in [0.15, 0.2) is 0 Å². The van der Waals surface area contributed by atoms with Gasteiger partial charge >= 0.3 is 0 Å². The second kappa shape index (κ2) is 4.24. The maximum atomic E-state index is 5.15. The zero-order valence-electron chi connectivity index (χ0n) is 8.52. The molecule has 1 fully saturated rings. The number of hydrogen-bond acceptors (Lipinski definition) is 2. The summed E-state index contributed by atoms with van der Waals surface area (Å²) >= 11 is 0. The number of rotatable bonds is 6. The Labute approximate surface area is 75.7 Å². The van der Waals surface area contributed by atoms with Gasteiger partial charge in [-0.25, -0.2) is 0 Å². The Kier molecular flexibility index (Phi) is 3.53. The van der Waals surface area contributed by atoms with Gasteiger partial charge in [-0.15, -0.1) is 0 Å². The monoisotopic (exact) mass is 171 g/mol. The predicted molar refractivity (Wildman–Crippen MR) is 51.3 cm³/mol. The van der Waals surface area contributed by atoms with Crippen molar-refractivity contribution in [2.24, 2.45) is 5.41 Å². The van der Waals surface area contributed by atoms with Crippen LogP contribution in [0.5, 0.6) is 0 Å². The Morgan fingerprint density at radius 3 is 2.58 bits per heavy atom. The lowest BCUT2D eigenvalue weighted by Gasteiger charge is -2.23. The first-order valence-electron chi connectivity index (χ1n) is 4.86. The van der Waals surface area contributed by atoms with Crippen LogP contribution in [0.4, 0.5) is 0 Å². The third-order valence-electron chi connectivity index (χ3n) is 2.35. The second-order valence-corrected chi connectivity index (χ2v) is 4.58. The molecule has 12 heavy (non-hydrogen) atoms. The van der Waals surface area contributed by atoms with Crippen LogP contribution in [0.3, 0.4) is 0 Å². The molecule has 0 unspecified atom stereocenters. The molecule has 0 radical (unpaired) electrons. The summed E-state index contributed by atoms with van der Waals surface area (Å²) in [5.41, 5.74) is 0.330. The van der Waals surface area contributed by atoms with Gasteiger partial charge in [-0.1, -0.05) is 13.8 Å². The molecule has 0 aromatic heterocycles. The highest BCUT2D eigenvalue weighted by atomic mass is 16.5. The maximum Gasteiger partial charge on any atom is 0.0513 e. The van der Waals surface area contributed by atoms with E-state index in [1.54, 1.807) is 7.11 Å². The van der Waals surface area contributed by atoms with E-state index in [1.807, 2.05) is 0 Å². The number of methoxy groups -OCH3 is 1. The molecule has 1 N–H and O–H groups in total. The summed E-state index contributed by atoms with van der Waals surface area (Å²) < 4.78 is 5.15. The molecule has 0 heterocycles. The molecule has 0 aromatic rings. The standard InChI is InChI=1S/C10H21NO/c1-10(2,8-12-3)6-7-11-9-4-5-9/h9,11H,4-8H2,1-3H3. The van der Waals surface area contributed by atoms with Gasteiger partial charge < -0.3 is 10.1 Å². The van der Waals surface area contributed by atoms with Gasteiger partial charge in [0, 0.05) is 13.2 Å². The van der Waals surface area contributed by atoms with Gasteiger partial charge in [0.2, 0.25) is 0 Å². The van der Waals surface area contributed by atoms with Crippen LogP contribution in [0.2, 0.25) is 0 Å². The molecule has 0 aliphatic heterocycles. The first-order chi connectivity index (χ1) is 5.64. The van der Waals surface area contributed by atoms with Crippen LogP contribution >= 0.6 is 0 Å². The molecule has 1 aliphatic carbocycles. The van der Waals surface area contributed by atoms with Crippen molar-refractivity contribution >= 4 is 0 Å². The molecule has 0 amide bonds. The smallest absolute Gasteiger partial charge is 0.0513 e. The lowest BCUT2D eigenvalue weighted by Crippen LogP contribution is -2.26. The first kappa shape index (κ1) is 10.0. The Balaban J connectivity index is 2.01. The highest BCUT2D eigenvalue weighted by Crippen LogP contribution is 2.22. The van der Waals surface area contributed by atoms with Gasteiger partial charge in [-0.05, 0) is 31.2 Å². The van der Waals surface area contributed by atoms with Gasteiger partial charge in [0.25, 0.3) is 0 Å². The van der Waals surface area contributed by atoms with E-state index in [2.05, 4.69) is 19.2 Å². The third kappa shape index (κ3) is 4.07. The fourth-order valence-corrected chi connectivity index (χ4v) is 1.37. The molecule has 2 heteroatoms. The summed E-state index contributed by atoms with van der Waals surface area (Å²) in [6.45, 7) is 6.51. The summed E-state index contributed by atoms with van der Waals surface area (Å²) in [6, 6.07) is 0.836. The van der Waals surface area contributed by atoms with Crippen molar-refractivity contribution in [1.29, 1.82) is 0 Å². The Bertz CT molecular complexity index is 130. The zero-order chi connectivity index (χ0) is 9.03. The zero-order valence-corrected chi connectivity index (χ0v) is 8.52. The molecule has 1 aliphatic rings. The fraction of sp³-hybridized carbons (Fsp3) is 1.00. The Hall–Kier alpha value is -0.0800. The van der Waals surface area contributed by atoms with Gasteiger partial charge in [-0.2, -0.15) is 0 Å². The van der Waals surface area contributed by atoms with Crippen molar-refractivity contribution in [3.8, 4) is 0 Å². The SMILES string of the molecule is COCC(C)(C)CCNC1CC1. The minimum Gasteiger partial charge on any atom is -0.384 e. The Morgan fingerprint density at radius 2 is 2.08 bits per heavy atom. The van der Waals surface area contributed by atoms with Gasteiger partial charge in [-0.3, -0.25) is 0 Å². The van der Waals surface area contributed by atoms with E-state index in [9.17, 15) is 0 Å². The molecular weight excluding hydrogens is 150 g/mol. The predicted octanol–water partition coefficient (Wildman–Crippen LogP) is 1.80. The number of hydrogen-bond donors (Lipinski definition) is 1. The molecular formula is C10H21NO. The largest absolute Gasteiger partial charge is 0.384 e. The highest BCUT2D eigenvalue weighted by Gasteiger charge is 2.22. The third-order valence-corrected chi connectivity index (χ3v) is 2.35. The summed E-state index contributed by atoms with van der Waals surface area (Å²) in [5, 5.41) is 3.52. The van der Waals surface area contributed by atoms with Crippen LogP contribution in [0.15, 0.2) is 0 Å². The summed E-state index contributed by atoms with van der Waals surface area (Å²) in [5.74, 6) is 0. The van der Waals surface area contributed by atoms with Crippen LogP contribution in [0, 0.1) is 5.41 Å². The van der Waals surface area contributed by atoms with E-state index in [4.69, 9.17) is 4.74 Å². The summed E-state index contributed by atoms with van der Waals surface area (Å²) in [7, 11) is 1.77. The minimum atomic E-state index is 0.330. The molecule has 0 bridgehead atoms. The molecule has 2 nitrogen and oxygen atoms in total. The molecule has 1 saturated carbocycles. The normalized spacial score (nSPS) is 18.2. The van der Waals surface area contributed by atoms with Gasteiger partial charge in [0.05, 0.1) is 6.61 Å². The van der Waals surface area contributed by atoms with Crippen LogP contribution in [-0.4, -0.2) is 26.3 Å². The van der Waals surface area contributed by atoms with Crippen LogP contribution in [0.25, 0.3) is 0 Å². The first-order valence-corrected chi connectivity index (χ1v) is 4.86. The molecule has 0 saturated heterocycles. The maximum absolute atomic E-state index is 5.15. The molecule has 0 atom stereocenters. The topological polar surface area (TPSA) is 21.3 Å². The average molecular weight is 171 g/mol. The van der Waals surface area contributed by atoms with Crippen molar-refractivity contribution in [2.45, 2.75) is 39.2 Å². The molecule has 0 aromatic carbocycles. The number of ether oxygens (including phenoxy) is 1. The lowest BCUT2D eigenvalue weighted by molar-refractivity contribution is 0.0982. The van der Waals surface area contributed by atoms with Crippen molar-refractivity contribution in [2.75, 3.05) is 20.3 Å². The minimum absolute atomic E-state index is 0.330. The lowest BCUT2D eigenvalue weighted by atomic mass is 9.90. The van der Waals surface area contributed by atoms with Crippen molar-refractivity contribution in [1.82, 2.24) is 5.32 Å². The average Bonchev–Trinajstić information content (AvgIpc) is 2.70. The van der Waals surface area contributed by atoms with E-state index in [0.29, 0.717) is 5.41 Å². The van der Waals surface area contributed by atoms with Crippen LogP contribution < -0.4 is 5.32 Å². The van der Waals surface area contributed by atoms with Crippen molar-refractivity contribution in [3.63, 3.8) is 0 Å².